The number of benzene rings is 1. The number of carbonyl (C=O) groups is 2. The molecular formula is C16H16N2O4. The number of nitrogens with zero attached hydrogens (tertiary/aromatic N) is 2. The summed E-state index contributed by atoms with van der Waals surface area (Å²) in [7, 11) is 0. The highest BCUT2D eigenvalue weighted by molar-refractivity contribution is 5.82. The summed E-state index contributed by atoms with van der Waals surface area (Å²) in [5, 5.41) is 10.0. The van der Waals surface area contributed by atoms with E-state index in [1.54, 1.807) is 6.20 Å². The Morgan fingerprint density at radius 3 is 3.00 bits per heavy atom. The molecule has 2 heterocycles. The van der Waals surface area contributed by atoms with Gasteiger partial charge in [-0.15, -0.1) is 0 Å². The predicted octanol–water partition coefficient (Wildman–Crippen LogP) is 2.42. The van der Waals surface area contributed by atoms with Gasteiger partial charge in [0.25, 0.3) is 0 Å². The lowest BCUT2D eigenvalue weighted by atomic mass is 10.2. The highest BCUT2D eigenvalue weighted by Crippen LogP contribution is 2.19. The van der Waals surface area contributed by atoms with Gasteiger partial charge in [0.15, 0.2) is 0 Å². The number of pyridine rings is 1. The third-order valence-electron chi connectivity index (χ3n) is 3.80. The molecule has 1 saturated heterocycles. The standard InChI is InChI=1S/C16H16N2O4/c19-15(14-6-3-7-18(14)16(20)21)22-10-11-8-12-4-1-2-5-13(12)17-9-11/h1-2,4-5,8-9,14H,3,6-7,10H2,(H,20,21)/t14-/m0/s1. The van der Waals surface area contributed by atoms with Crippen molar-refractivity contribution >= 4 is 23.0 Å². The Hall–Kier alpha value is -2.63. The lowest BCUT2D eigenvalue weighted by molar-refractivity contribution is -0.149. The lowest BCUT2D eigenvalue weighted by Crippen LogP contribution is -2.40. The Morgan fingerprint density at radius 2 is 2.18 bits per heavy atom. The van der Waals surface area contributed by atoms with Crippen LogP contribution in [-0.2, 0) is 16.1 Å². The van der Waals surface area contributed by atoms with Gasteiger partial charge < -0.3 is 9.84 Å². The van der Waals surface area contributed by atoms with Crippen LogP contribution in [0.4, 0.5) is 4.79 Å². The maximum Gasteiger partial charge on any atom is 0.408 e. The Morgan fingerprint density at radius 1 is 1.36 bits per heavy atom. The Labute approximate surface area is 127 Å². The molecule has 6 heteroatoms. The van der Waals surface area contributed by atoms with Gasteiger partial charge in [0.2, 0.25) is 0 Å². The van der Waals surface area contributed by atoms with Gasteiger partial charge in [0.05, 0.1) is 5.52 Å². The van der Waals surface area contributed by atoms with Crippen molar-refractivity contribution in [3.63, 3.8) is 0 Å². The van der Waals surface area contributed by atoms with Crippen LogP contribution in [0.25, 0.3) is 10.9 Å². The third-order valence-corrected chi connectivity index (χ3v) is 3.80. The van der Waals surface area contributed by atoms with Crippen LogP contribution in [0.5, 0.6) is 0 Å². The van der Waals surface area contributed by atoms with Gasteiger partial charge in [-0.25, -0.2) is 9.59 Å². The van der Waals surface area contributed by atoms with Crippen molar-refractivity contribution in [3.05, 3.63) is 42.1 Å². The first kappa shape index (κ1) is 14.3. The Kier molecular flexibility index (Phi) is 3.91. The second-order valence-electron chi connectivity index (χ2n) is 5.28. The number of aromatic nitrogens is 1. The van der Waals surface area contributed by atoms with E-state index >= 15 is 0 Å². The van der Waals surface area contributed by atoms with Crippen LogP contribution < -0.4 is 0 Å². The minimum Gasteiger partial charge on any atom is -0.465 e. The zero-order valence-electron chi connectivity index (χ0n) is 11.9. The zero-order valence-corrected chi connectivity index (χ0v) is 11.9. The molecule has 114 valence electrons. The number of hydrogen-bond acceptors (Lipinski definition) is 4. The van der Waals surface area contributed by atoms with E-state index in [0.29, 0.717) is 19.4 Å². The van der Waals surface area contributed by atoms with E-state index in [4.69, 9.17) is 9.84 Å². The second kappa shape index (κ2) is 6.01. The molecule has 0 spiro atoms. The number of fused-ring (bicyclic) bond motifs is 1. The molecule has 6 nitrogen and oxygen atoms in total. The minimum absolute atomic E-state index is 0.0978. The molecule has 22 heavy (non-hydrogen) atoms. The van der Waals surface area contributed by atoms with Crippen molar-refractivity contribution in [1.82, 2.24) is 9.88 Å². The molecule has 1 aliphatic rings. The molecule has 2 aromatic rings. The summed E-state index contributed by atoms with van der Waals surface area (Å²) in [4.78, 5) is 28.5. The van der Waals surface area contributed by atoms with Crippen LogP contribution in [-0.4, -0.2) is 39.6 Å². The van der Waals surface area contributed by atoms with Crippen LogP contribution in [0.1, 0.15) is 18.4 Å². The highest BCUT2D eigenvalue weighted by Gasteiger charge is 2.35. The topological polar surface area (TPSA) is 79.7 Å². The van der Waals surface area contributed by atoms with Crippen LogP contribution in [0.3, 0.4) is 0 Å². The van der Waals surface area contributed by atoms with Crippen molar-refractivity contribution in [2.24, 2.45) is 0 Å². The summed E-state index contributed by atoms with van der Waals surface area (Å²) < 4.78 is 5.26. The fourth-order valence-electron chi connectivity index (χ4n) is 2.69. The third kappa shape index (κ3) is 2.86. The fraction of sp³-hybridized carbons (Fsp3) is 0.312. The predicted molar refractivity (Wildman–Crippen MR) is 79.3 cm³/mol. The van der Waals surface area contributed by atoms with Gasteiger partial charge in [-0.05, 0) is 25.0 Å². The van der Waals surface area contributed by atoms with Crippen molar-refractivity contribution in [2.45, 2.75) is 25.5 Å². The summed E-state index contributed by atoms with van der Waals surface area (Å²) >= 11 is 0. The van der Waals surface area contributed by atoms with Gasteiger partial charge >= 0.3 is 12.1 Å². The van der Waals surface area contributed by atoms with Crippen molar-refractivity contribution in [1.29, 1.82) is 0 Å². The smallest absolute Gasteiger partial charge is 0.408 e. The average molecular weight is 300 g/mol. The van der Waals surface area contributed by atoms with Gasteiger partial charge in [-0.3, -0.25) is 9.88 Å². The number of carboxylic acid groups (broad SMARTS) is 1. The first-order chi connectivity index (χ1) is 10.6. The average Bonchev–Trinajstić information content (AvgIpc) is 3.02. The summed E-state index contributed by atoms with van der Waals surface area (Å²) in [6.07, 6.45) is 1.79. The number of carbonyl (C=O) groups excluding carboxylic acids is 1. The van der Waals surface area contributed by atoms with E-state index in [-0.39, 0.29) is 6.61 Å². The zero-order chi connectivity index (χ0) is 15.5. The van der Waals surface area contributed by atoms with E-state index in [1.807, 2.05) is 30.3 Å². The lowest BCUT2D eigenvalue weighted by Gasteiger charge is -2.19. The Bertz CT molecular complexity index is 716. The minimum atomic E-state index is -1.08. The van der Waals surface area contributed by atoms with Crippen LogP contribution in [0.15, 0.2) is 36.5 Å². The second-order valence-corrected chi connectivity index (χ2v) is 5.28. The molecule has 1 aliphatic heterocycles. The quantitative estimate of drug-likeness (QED) is 0.881. The first-order valence-electron chi connectivity index (χ1n) is 7.15. The number of amides is 1. The molecule has 0 radical (unpaired) electrons. The molecular weight excluding hydrogens is 284 g/mol. The normalized spacial score (nSPS) is 17.6. The summed E-state index contributed by atoms with van der Waals surface area (Å²) in [6.45, 7) is 0.479. The molecule has 1 aromatic heterocycles. The van der Waals surface area contributed by atoms with Crippen molar-refractivity contribution in [3.8, 4) is 0 Å². The molecule has 1 atom stereocenters. The van der Waals surface area contributed by atoms with Crippen LogP contribution in [0, 0.1) is 0 Å². The molecule has 1 amide bonds. The molecule has 0 unspecified atom stereocenters. The van der Waals surface area contributed by atoms with Crippen molar-refractivity contribution in [2.75, 3.05) is 6.54 Å². The van der Waals surface area contributed by atoms with E-state index in [9.17, 15) is 9.59 Å². The molecule has 0 saturated carbocycles. The summed E-state index contributed by atoms with van der Waals surface area (Å²) in [6, 6.07) is 8.91. The number of hydrogen-bond donors (Lipinski definition) is 1. The van der Waals surface area contributed by atoms with E-state index in [1.165, 1.54) is 0 Å². The SMILES string of the molecule is O=C(OCc1cnc2ccccc2c1)[C@@H]1CCCN1C(=O)O. The molecule has 0 aliphatic carbocycles. The Balaban J connectivity index is 1.66. The number of para-hydroxylation sites is 1. The van der Waals surface area contributed by atoms with Gasteiger partial charge in [0, 0.05) is 23.7 Å². The van der Waals surface area contributed by atoms with E-state index < -0.39 is 18.1 Å². The van der Waals surface area contributed by atoms with Gasteiger partial charge in [0.1, 0.15) is 12.6 Å². The van der Waals surface area contributed by atoms with Gasteiger partial charge in [-0.2, -0.15) is 0 Å². The number of rotatable bonds is 3. The fourth-order valence-corrected chi connectivity index (χ4v) is 2.69. The maximum atomic E-state index is 12.0. The molecule has 0 bridgehead atoms. The molecule has 1 aromatic carbocycles. The van der Waals surface area contributed by atoms with E-state index in [0.717, 1.165) is 21.4 Å². The summed E-state index contributed by atoms with van der Waals surface area (Å²) in [5.74, 6) is -0.493. The highest BCUT2D eigenvalue weighted by atomic mass is 16.5. The first-order valence-corrected chi connectivity index (χ1v) is 7.15. The van der Waals surface area contributed by atoms with Gasteiger partial charge in [-0.1, -0.05) is 18.2 Å². The molecule has 3 rings (SSSR count). The van der Waals surface area contributed by atoms with Crippen LogP contribution >= 0.6 is 0 Å². The van der Waals surface area contributed by atoms with Crippen LogP contribution in [0.2, 0.25) is 0 Å². The maximum absolute atomic E-state index is 12.0. The molecule has 1 fully saturated rings. The monoisotopic (exact) mass is 300 g/mol. The van der Waals surface area contributed by atoms with Crippen molar-refractivity contribution < 1.29 is 19.4 Å². The van der Waals surface area contributed by atoms with E-state index in [2.05, 4.69) is 4.98 Å². The molecule has 1 N–H and O–H groups in total. The number of esters is 1. The largest absolute Gasteiger partial charge is 0.465 e. The summed E-state index contributed by atoms with van der Waals surface area (Å²) in [5.41, 5.74) is 1.66. The number of likely N-dealkylation sites (tertiary alicyclic amines) is 1. The number of ether oxygens (including phenoxy) is 1.